The summed E-state index contributed by atoms with van der Waals surface area (Å²) in [4.78, 5) is 32.3. The molecule has 3 N–H and O–H groups in total. The van der Waals surface area contributed by atoms with E-state index in [1.807, 2.05) is 0 Å². The van der Waals surface area contributed by atoms with E-state index < -0.39 is 29.2 Å². The number of halogens is 3. The number of nitrogens with zero attached hydrogens (tertiary/aromatic N) is 2. The van der Waals surface area contributed by atoms with E-state index in [2.05, 4.69) is 10.3 Å². The van der Waals surface area contributed by atoms with Gasteiger partial charge in [-0.25, -0.2) is 4.99 Å². The maximum atomic E-state index is 13.2. The Morgan fingerprint density at radius 1 is 1.15 bits per heavy atom. The van der Waals surface area contributed by atoms with Gasteiger partial charge in [-0.3, -0.25) is 9.59 Å². The number of para-hydroxylation sites is 1. The molecular weight excluding hydrogens is 433 g/mol. The van der Waals surface area contributed by atoms with Crippen LogP contribution in [0.15, 0.2) is 53.5 Å². The van der Waals surface area contributed by atoms with E-state index in [-0.39, 0.29) is 12.5 Å². The normalized spacial score (nSPS) is 20.2. The van der Waals surface area contributed by atoms with Crippen LogP contribution in [0.2, 0.25) is 0 Å². The van der Waals surface area contributed by atoms with E-state index in [0.29, 0.717) is 35.4 Å². The van der Waals surface area contributed by atoms with Crippen LogP contribution in [-0.4, -0.2) is 37.3 Å². The van der Waals surface area contributed by atoms with Gasteiger partial charge in [0.25, 0.3) is 5.91 Å². The van der Waals surface area contributed by atoms with Crippen molar-refractivity contribution in [3.8, 4) is 0 Å². The first-order chi connectivity index (χ1) is 15.7. The predicted molar refractivity (Wildman–Crippen MR) is 119 cm³/mol. The molecule has 1 aliphatic heterocycles. The zero-order valence-electron chi connectivity index (χ0n) is 18.2. The standard InChI is InChI=1S/C24H25F3N4O2/c1-31-18-7-3-2-6-17(18)19(15-8-10-16(11-9-15)24(25,26)27)29-20(21(31)32)30-22(33)23(14-28)12-4-5-13-23/h2-3,6-11,20H,4-5,12-14,28H2,1H3,(H,30,33)/t20-/m1/s1. The predicted octanol–water partition coefficient (Wildman–Crippen LogP) is 3.48. The number of rotatable bonds is 4. The Kier molecular flexibility index (Phi) is 6.00. The lowest BCUT2D eigenvalue weighted by molar-refractivity contribution is -0.137. The van der Waals surface area contributed by atoms with Crippen LogP contribution in [0.25, 0.3) is 0 Å². The summed E-state index contributed by atoms with van der Waals surface area (Å²) in [5.74, 6) is -0.765. The van der Waals surface area contributed by atoms with Gasteiger partial charge < -0.3 is 16.0 Å². The third kappa shape index (κ3) is 4.25. The van der Waals surface area contributed by atoms with Gasteiger partial charge >= 0.3 is 6.18 Å². The molecule has 174 valence electrons. The fraction of sp³-hybridized carbons (Fsp3) is 0.375. The van der Waals surface area contributed by atoms with Crippen molar-refractivity contribution in [2.24, 2.45) is 16.1 Å². The molecule has 2 amide bonds. The molecule has 1 saturated carbocycles. The summed E-state index contributed by atoms with van der Waals surface area (Å²) in [6.45, 7) is 0.172. The number of nitrogens with one attached hydrogen (secondary N) is 1. The van der Waals surface area contributed by atoms with Gasteiger partial charge in [-0.2, -0.15) is 13.2 Å². The van der Waals surface area contributed by atoms with E-state index in [1.54, 1.807) is 31.3 Å². The fourth-order valence-electron chi connectivity index (χ4n) is 4.52. The van der Waals surface area contributed by atoms with Crippen molar-refractivity contribution in [1.29, 1.82) is 0 Å². The molecule has 0 radical (unpaired) electrons. The van der Waals surface area contributed by atoms with Gasteiger partial charge in [0.2, 0.25) is 12.1 Å². The maximum Gasteiger partial charge on any atom is 0.416 e. The average Bonchev–Trinajstić information content (AvgIpc) is 3.27. The maximum absolute atomic E-state index is 13.2. The number of amides is 2. The summed E-state index contributed by atoms with van der Waals surface area (Å²) >= 11 is 0. The van der Waals surface area contributed by atoms with Crippen LogP contribution < -0.4 is 16.0 Å². The molecule has 4 rings (SSSR count). The van der Waals surface area contributed by atoms with E-state index in [0.717, 1.165) is 25.0 Å². The molecule has 0 spiro atoms. The Morgan fingerprint density at radius 2 is 1.79 bits per heavy atom. The fourth-order valence-corrected chi connectivity index (χ4v) is 4.52. The van der Waals surface area contributed by atoms with Crippen molar-refractivity contribution in [2.45, 2.75) is 38.0 Å². The van der Waals surface area contributed by atoms with Gasteiger partial charge in [-0.05, 0) is 31.0 Å². The zero-order valence-corrected chi connectivity index (χ0v) is 18.2. The Balaban J connectivity index is 1.77. The second-order valence-corrected chi connectivity index (χ2v) is 8.53. The summed E-state index contributed by atoms with van der Waals surface area (Å²) < 4.78 is 39.2. The van der Waals surface area contributed by atoms with Gasteiger partial charge in [0.05, 0.1) is 22.4 Å². The Morgan fingerprint density at radius 3 is 2.39 bits per heavy atom. The molecule has 1 aliphatic carbocycles. The highest BCUT2D eigenvalue weighted by atomic mass is 19.4. The highest BCUT2D eigenvalue weighted by Gasteiger charge is 2.42. The first-order valence-electron chi connectivity index (χ1n) is 10.8. The van der Waals surface area contributed by atoms with Crippen molar-refractivity contribution in [3.05, 3.63) is 65.2 Å². The molecule has 0 aromatic heterocycles. The second kappa shape index (κ2) is 8.62. The number of fused-ring (bicyclic) bond motifs is 1. The lowest BCUT2D eigenvalue weighted by Crippen LogP contribution is -2.52. The van der Waals surface area contributed by atoms with Crippen LogP contribution >= 0.6 is 0 Å². The van der Waals surface area contributed by atoms with Crippen LogP contribution in [0.4, 0.5) is 18.9 Å². The summed E-state index contributed by atoms with van der Waals surface area (Å²) in [5, 5.41) is 2.77. The van der Waals surface area contributed by atoms with Crippen LogP contribution in [0.5, 0.6) is 0 Å². The monoisotopic (exact) mass is 458 g/mol. The van der Waals surface area contributed by atoms with Crippen LogP contribution in [0.1, 0.15) is 42.4 Å². The minimum atomic E-state index is -4.47. The van der Waals surface area contributed by atoms with E-state index in [9.17, 15) is 22.8 Å². The van der Waals surface area contributed by atoms with E-state index in [1.165, 1.54) is 17.0 Å². The van der Waals surface area contributed by atoms with Gasteiger partial charge in [-0.1, -0.05) is 43.2 Å². The third-order valence-electron chi connectivity index (χ3n) is 6.53. The molecule has 33 heavy (non-hydrogen) atoms. The SMILES string of the molecule is CN1C(=O)[C@@H](NC(=O)C2(CN)CCCC2)N=C(c2ccc(C(F)(F)F)cc2)c2ccccc21. The van der Waals surface area contributed by atoms with Gasteiger partial charge in [0.1, 0.15) is 0 Å². The van der Waals surface area contributed by atoms with Crippen molar-refractivity contribution in [3.63, 3.8) is 0 Å². The summed E-state index contributed by atoms with van der Waals surface area (Å²) in [6, 6.07) is 11.6. The topological polar surface area (TPSA) is 87.8 Å². The summed E-state index contributed by atoms with van der Waals surface area (Å²) in [5.41, 5.74) is 6.28. The van der Waals surface area contributed by atoms with Crippen molar-refractivity contribution in [1.82, 2.24) is 5.32 Å². The smallest absolute Gasteiger partial charge is 0.329 e. The van der Waals surface area contributed by atoms with Crippen LogP contribution in [0.3, 0.4) is 0 Å². The Bertz CT molecular complexity index is 1090. The van der Waals surface area contributed by atoms with Crippen molar-refractivity contribution in [2.75, 3.05) is 18.5 Å². The summed E-state index contributed by atoms with van der Waals surface area (Å²) in [7, 11) is 1.58. The molecule has 0 bridgehead atoms. The number of anilines is 1. The van der Waals surface area contributed by atoms with E-state index >= 15 is 0 Å². The molecular formula is C24H25F3N4O2. The highest BCUT2D eigenvalue weighted by Crippen LogP contribution is 2.38. The number of carbonyl (C=O) groups is 2. The minimum absolute atomic E-state index is 0.172. The molecule has 1 heterocycles. The quantitative estimate of drug-likeness (QED) is 0.736. The molecule has 2 aromatic carbocycles. The molecule has 2 aromatic rings. The van der Waals surface area contributed by atoms with E-state index in [4.69, 9.17) is 5.73 Å². The molecule has 9 heteroatoms. The number of benzene rings is 2. The molecule has 6 nitrogen and oxygen atoms in total. The molecule has 1 atom stereocenters. The van der Waals surface area contributed by atoms with Crippen molar-refractivity contribution >= 4 is 23.2 Å². The van der Waals surface area contributed by atoms with Gasteiger partial charge in [0.15, 0.2) is 0 Å². The number of benzodiazepines with no additional fused rings is 1. The van der Waals surface area contributed by atoms with Crippen LogP contribution in [-0.2, 0) is 15.8 Å². The number of carbonyl (C=O) groups excluding carboxylic acids is 2. The molecule has 2 aliphatic rings. The first-order valence-corrected chi connectivity index (χ1v) is 10.8. The number of alkyl halides is 3. The number of aliphatic imine (C=N–C) groups is 1. The molecule has 1 fully saturated rings. The number of hydrogen-bond donors (Lipinski definition) is 2. The average molecular weight is 458 g/mol. The van der Waals surface area contributed by atoms with Gasteiger partial charge in [-0.15, -0.1) is 0 Å². The third-order valence-corrected chi connectivity index (χ3v) is 6.53. The Hall–Kier alpha value is -3.20. The minimum Gasteiger partial charge on any atom is -0.329 e. The lowest BCUT2D eigenvalue weighted by Gasteiger charge is -2.28. The van der Waals surface area contributed by atoms with Crippen LogP contribution in [0, 0.1) is 5.41 Å². The number of nitrogens with two attached hydrogens (primary N) is 1. The molecule has 0 unspecified atom stereocenters. The zero-order chi connectivity index (χ0) is 23.8. The largest absolute Gasteiger partial charge is 0.416 e. The molecule has 0 saturated heterocycles. The second-order valence-electron chi connectivity index (χ2n) is 8.53. The Labute approximate surface area is 189 Å². The van der Waals surface area contributed by atoms with Gasteiger partial charge in [0, 0.05) is 24.7 Å². The first kappa shape index (κ1) is 23.0. The number of hydrogen-bond acceptors (Lipinski definition) is 4. The highest BCUT2D eigenvalue weighted by molar-refractivity contribution is 6.20. The lowest BCUT2D eigenvalue weighted by atomic mass is 9.85. The van der Waals surface area contributed by atoms with Crippen molar-refractivity contribution < 1.29 is 22.8 Å². The number of likely N-dealkylation sites (N-methyl/N-ethyl adjacent to an activating group) is 1. The summed E-state index contributed by atoms with van der Waals surface area (Å²) in [6.07, 6.45) is -2.64.